The van der Waals surface area contributed by atoms with Crippen LogP contribution in [0.15, 0.2) is 90.6 Å². The zero-order valence-electron chi connectivity index (χ0n) is 17.7. The Labute approximate surface area is 186 Å². The number of aromatic amines is 1. The number of amides is 2. The van der Waals surface area contributed by atoms with Gasteiger partial charge in [0.2, 0.25) is 5.91 Å². The van der Waals surface area contributed by atoms with E-state index in [4.69, 9.17) is 0 Å². The summed E-state index contributed by atoms with van der Waals surface area (Å²) in [5.74, 6) is -0.377. The first kappa shape index (κ1) is 19.8. The first-order valence-electron chi connectivity index (χ1n) is 10.7. The first-order valence-corrected chi connectivity index (χ1v) is 10.7. The second-order valence-corrected chi connectivity index (χ2v) is 7.97. The second-order valence-electron chi connectivity index (χ2n) is 7.97. The summed E-state index contributed by atoms with van der Waals surface area (Å²) in [5, 5.41) is 3.82. The van der Waals surface area contributed by atoms with E-state index in [9.17, 15) is 9.59 Å². The predicted molar refractivity (Wildman–Crippen MR) is 126 cm³/mol. The van der Waals surface area contributed by atoms with Crippen LogP contribution in [0.25, 0.3) is 28.2 Å². The van der Waals surface area contributed by atoms with Gasteiger partial charge in [-0.2, -0.15) is 0 Å². The molecule has 1 atom stereocenters. The number of hydrogen-bond donors (Lipinski definition) is 2. The summed E-state index contributed by atoms with van der Waals surface area (Å²) in [6, 6.07) is 27.1. The van der Waals surface area contributed by atoms with E-state index in [-0.39, 0.29) is 17.5 Å². The Kier molecular flexibility index (Phi) is 5.07. The van der Waals surface area contributed by atoms with E-state index in [1.165, 1.54) is 0 Å². The van der Waals surface area contributed by atoms with E-state index in [1.807, 2.05) is 84.9 Å². The molecule has 4 aromatic rings. The lowest BCUT2D eigenvalue weighted by atomic mass is 10.0. The molecule has 158 valence electrons. The van der Waals surface area contributed by atoms with Crippen LogP contribution in [-0.2, 0) is 16.1 Å². The number of H-pyrrole nitrogens is 1. The zero-order valence-corrected chi connectivity index (χ0v) is 17.7. The minimum absolute atomic E-state index is 0.187. The highest BCUT2D eigenvalue weighted by atomic mass is 16.2. The summed E-state index contributed by atoms with van der Waals surface area (Å²) in [4.78, 5) is 31.3. The molecule has 1 aliphatic heterocycles. The molecule has 5 nitrogen and oxygen atoms in total. The van der Waals surface area contributed by atoms with Gasteiger partial charge in [0.15, 0.2) is 0 Å². The number of piperazine rings is 1. The Morgan fingerprint density at radius 1 is 0.875 bits per heavy atom. The predicted octanol–water partition coefficient (Wildman–Crippen LogP) is 4.72. The van der Waals surface area contributed by atoms with Gasteiger partial charge in [0.25, 0.3) is 5.91 Å². The number of nitrogens with one attached hydrogen (secondary N) is 2. The van der Waals surface area contributed by atoms with Crippen LogP contribution in [0.5, 0.6) is 0 Å². The quantitative estimate of drug-likeness (QED) is 0.468. The van der Waals surface area contributed by atoms with Crippen LogP contribution in [0, 0.1) is 0 Å². The van der Waals surface area contributed by atoms with Crippen molar-refractivity contribution in [1.82, 2.24) is 15.2 Å². The van der Waals surface area contributed by atoms with Crippen molar-refractivity contribution in [3.63, 3.8) is 0 Å². The third-order valence-corrected chi connectivity index (χ3v) is 5.89. The molecule has 0 bridgehead atoms. The lowest BCUT2D eigenvalue weighted by Gasteiger charge is -2.34. The summed E-state index contributed by atoms with van der Waals surface area (Å²) in [5.41, 5.74) is 5.05. The molecule has 1 aromatic heterocycles. The van der Waals surface area contributed by atoms with E-state index in [0.717, 1.165) is 33.3 Å². The van der Waals surface area contributed by atoms with E-state index in [0.29, 0.717) is 6.54 Å². The maximum absolute atomic E-state index is 13.4. The molecule has 3 aromatic carbocycles. The standard InChI is InChI=1S/C27H23N3O2/c1-18-26(31)29-24(27(32)30(18)17-19-10-4-2-5-11-19)16-22-21-14-8-9-15-23(21)28-25(22)20-12-6-3-7-13-20/h2-16,18,28H,17H2,1H3,(H,29,31)/b24-16-/t18-/m1/s1. The van der Waals surface area contributed by atoms with Crippen LogP contribution in [0.2, 0.25) is 0 Å². The minimum Gasteiger partial charge on any atom is -0.354 e. The van der Waals surface area contributed by atoms with Gasteiger partial charge < -0.3 is 15.2 Å². The number of nitrogens with zero attached hydrogens (tertiary/aromatic N) is 1. The van der Waals surface area contributed by atoms with Crippen molar-refractivity contribution in [2.45, 2.75) is 19.5 Å². The van der Waals surface area contributed by atoms with Crippen LogP contribution >= 0.6 is 0 Å². The largest absolute Gasteiger partial charge is 0.354 e. The van der Waals surface area contributed by atoms with Gasteiger partial charge >= 0.3 is 0 Å². The minimum atomic E-state index is -0.545. The number of para-hydroxylation sites is 1. The fraction of sp³-hybridized carbons (Fsp3) is 0.111. The molecule has 5 rings (SSSR count). The van der Waals surface area contributed by atoms with Gasteiger partial charge in [-0.3, -0.25) is 9.59 Å². The number of hydrogen-bond acceptors (Lipinski definition) is 2. The maximum atomic E-state index is 13.4. The Bertz CT molecular complexity index is 1320. The summed E-state index contributed by atoms with van der Waals surface area (Å²) < 4.78 is 0. The molecular formula is C27H23N3O2. The Hall–Kier alpha value is -4.12. The summed E-state index contributed by atoms with van der Waals surface area (Å²) >= 11 is 0. The lowest BCUT2D eigenvalue weighted by Crippen LogP contribution is -2.55. The van der Waals surface area contributed by atoms with Crippen molar-refractivity contribution in [2.24, 2.45) is 0 Å². The Balaban J connectivity index is 1.60. The van der Waals surface area contributed by atoms with Gasteiger partial charge in [0.1, 0.15) is 11.7 Å². The number of benzene rings is 3. The molecule has 5 heteroatoms. The van der Waals surface area contributed by atoms with Gasteiger partial charge in [-0.25, -0.2) is 0 Å². The second kappa shape index (κ2) is 8.19. The van der Waals surface area contributed by atoms with Gasteiger partial charge in [-0.05, 0) is 30.2 Å². The molecule has 0 radical (unpaired) electrons. The van der Waals surface area contributed by atoms with Crippen molar-refractivity contribution in [3.8, 4) is 11.3 Å². The molecular weight excluding hydrogens is 398 g/mol. The molecule has 1 fully saturated rings. The topological polar surface area (TPSA) is 65.2 Å². The SMILES string of the molecule is C[C@@H]1C(=O)N/C(=C\c2c(-c3ccccc3)[nH]c3ccccc23)C(=O)N1Cc1ccccc1. The molecule has 1 aliphatic rings. The van der Waals surface area contributed by atoms with Crippen molar-refractivity contribution in [2.75, 3.05) is 0 Å². The number of carbonyl (C=O) groups is 2. The number of fused-ring (bicyclic) bond motifs is 1. The molecule has 2 heterocycles. The third kappa shape index (κ3) is 3.58. The van der Waals surface area contributed by atoms with Crippen LogP contribution in [0.3, 0.4) is 0 Å². The number of carbonyl (C=O) groups excluding carboxylic acids is 2. The maximum Gasteiger partial charge on any atom is 0.271 e. The fourth-order valence-electron chi connectivity index (χ4n) is 4.14. The third-order valence-electron chi connectivity index (χ3n) is 5.89. The summed E-state index contributed by atoms with van der Waals surface area (Å²) in [7, 11) is 0. The molecule has 2 amide bonds. The zero-order chi connectivity index (χ0) is 22.1. The van der Waals surface area contributed by atoms with E-state index in [1.54, 1.807) is 17.9 Å². The number of rotatable bonds is 4. The Morgan fingerprint density at radius 2 is 1.53 bits per heavy atom. The molecule has 0 saturated carbocycles. The lowest BCUT2D eigenvalue weighted by molar-refractivity contribution is -0.142. The van der Waals surface area contributed by atoms with Crippen LogP contribution in [0.1, 0.15) is 18.1 Å². The Morgan fingerprint density at radius 3 is 2.28 bits per heavy atom. The summed E-state index contributed by atoms with van der Waals surface area (Å²) in [6.07, 6.45) is 1.80. The van der Waals surface area contributed by atoms with Crippen LogP contribution in [0.4, 0.5) is 0 Å². The van der Waals surface area contributed by atoms with E-state index >= 15 is 0 Å². The van der Waals surface area contributed by atoms with Crippen LogP contribution in [-0.4, -0.2) is 27.7 Å². The van der Waals surface area contributed by atoms with E-state index < -0.39 is 6.04 Å². The summed E-state index contributed by atoms with van der Waals surface area (Å²) in [6.45, 7) is 2.14. The van der Waals surface area contributed by atoms with Gasteiger partial charge in [-0.1, -0.05) is 78.9 Å². The molecule has 1 saturated heterocycles. The normalized spacial score (nSPS) is 17.7. The smallest absolute Gasteiger partial charge is 0.271 e. The molecule has 0 aliphatic carbocycles. The molecule has 0 spiro atoms. The first-order chi connectivity index (χ1) is 15.6. The monoisotopic (exact) mass is 421 g/mol. The highest BCUT2D eigenvalue weighted by Gasteiger charge is 2.34. The molecule has 0 unspecified atom stereocenters. The number of aromatic nitrogens is 1. The molecule has 2 N–H and O–H groups in total. The molecule has 32 heavy (non-hydrogen) atoms. The highest BCUT2D eigenvalue weighted by molar-refractivity contribution is 6.09. The average Bonchev–Trinajstić information content (AvgIpc) is 3.20. The van der Waals surface area contributed by atoms with E-state index in [2.05, 4.69) is 10.3 Å². The highest BCUT2D eigenvalue weighted by Crippen LogP contribution is 2.32. The van der Waals surface area contributed by atoms with Crippen LogP contribution < -0.4 is 5.32 Å². The van der Waals surface area contributed by atoms with Crippen molar-refractivity contribution in [1.29, 1.82) is 0 Å². The fourth-order valence-corrected chi connectivity index (χ4v) is 4.14. The average molecular weight is 422 g/mol. The van der Waals surface area contributed by atoms with Gasteiger partial charge in [-0.15, -0.1) is 0 Å². The van der Waals surface area contributed by atoms with Crippen molar-refractivity contribution >= 4 is 28.8 Å². The van der Waals surface area contributed by atoms with Gasteiger partial charge in [0.05, 0.1) is 5.69 Å². The van der Waals surface area contributed by atoms with Crippen molar-refractivity contribution < 1.29 is 9.59 Å². The van der Waals surface area contributed by atoms with Crippen molar-refractivity contribution in [3.05, 3.63) is 102 Å². The van der Waals surface area contributed by atoms with Gasteiger partial charge in [0, 0.05) is 23.0 Å².